The Morgan fingerprint density at radius 3 is 2.59 bits per heavy atom. The smallest absolute Gasteiger partial charge is 0.243 e. The number of ether oxygens (including phenoxy) is 1. The molecule has 0 saturated carbocycles. The molecule has 1 aromatic rings. The van der Waals surface area contributed by atoms with Crippen LogP contribution in [-0.2, 0) is 4.74 Å². The van der Waals surface area contributed by atoms with Crippen molar-refractivity contribution < 1.29 is 4.74 Å². The van der Waals surface area contributed by atoms with E-state index in [0.29, 0.717) is 25.1 Å². The molecule has 1 aliphatic heterocycles. The average molecular weight is 259 g/mol. The lowest BCUT2D eigenvalue weighted by atomic mass is 10.5. The van der Waals surface area contributed by atoms with Crippen LogP contribution in [0.4, 0.5) is 11.9 Å². The second-order valence-electron chi connectivity index (χ2n) is 3.83. The molecule has 0 spiro atoms. The Bertz CT molecular complexity index is 382. The van der Waals surface area contributed by atoms with Crippen LogP contribution in [0.3, 0.4) is 0 Å². The predicted octanol–water partition coefficient (Wildman–Crippen LogP) is 0.250. The SMILES string of the molecule is CN(C)c1nc(Cl)nc(NN2CCOCC2)n1. The number of rotatable bonds is 3. The first-order chi connectivity index (χ1) is 8.15. The molecule has 0 atom stereocenters. The Kier molecular flexibility index (Phi) is 3.93. The lowest BCUT2D eigenvalue weighted by molar-refractivity contribution is 0.0492. The van der Waals surface area contributed by atoms with Gasteiger partial charge in [0.1, 0.15) is 0 Å². The molecule has 7 nitrogen and oxygen atoms in total. The highest BCUT2D eigenvalue weighted by molar-refractivity contribution is 6.28. The van der Waals surface area contributed by atoms with Crippen molar-refractivity contribution in [3.05, 3.63) is 5.28 Å². The van der Waals surface area contributed by atoms with Crippen LogP contribution in [0.2, 0.25) is 5.28 Å². The van der Waals surface area contributed by atoms with Gasteiger partial charge in [0, 0.05) is 27.2 Å². The molecule has 0 unspecified atom stereocenters. The summed E-state index contributed by atoms with van der Waals surface area (Å²) in [5.74, 6) is 0.983. The molecule has 0 aliphatic carbocycles. The van der Waals surface area contributed by atoms with Crippen molar-refractivity contribution >= 4 is 23.5 Å². The number of hydrogen-bond donors (Lipinski definition) is 1. The minimum absolute atomic E-state index is 0.180. The van der Waals surface area contributed by atoms with Gasteiger partial charge < -0.3 is 9.64 Å². The standard InChI is InChI=1S/C9H15ClN6O/c1-15(2)9-12-7(10)11-8(13-9)14-16-3-5-17-6-4-16/h3-6H2,1-2H3,(H,11,12,13,14). The van der Waals surface area contributed by atoms with Crippen LogP contribution in [0.5, 0.6) is 0 Å². The summed E-state index contributed by atoms with van der Waals surface area (Å²) >= 11 is 5.84. The molecule has 1 N–H and O–H groups in total. The van der Waals surface area contributed by atoms with Gasteiger partial charge in [0.25, 0.3) is 0 Å². The van der Waals surface area contributed by atoms with Crippen LogP contribution >= 0.6 is 11.6 Å². The fraction of sp³-hybridized carbons (Fsp3) is 0.667. The van der Waals surface area contributed by atoms with Gasteiger partial charge in [-0.15, -0.1) is 0 Å². The second kappa shape index (κ2) is 5.44. The summed E-state index contributed by atoms with van der Waals surface area (Å²) in [5, 5.41) is 2.17. The normalized spacial score (nSPS) is 16.9. The van der Waals surface area contributed by atoms with Gasteiger partial charge in [0.2, 0.25) is 17.2 Å². The van der Waals surface area contributed by atoms with E-state index in [1.807, 2.05) is 19.1 Å². The molecule has 0 radical (unpaired) electrons. The summed E-state index contributed by atoms with van der Waals surface area (Å²) in [4.78, 5) is 14.1. The van der Waals surface area contributed by atoms with Gasteiger partial charge in [-0.05, 0) is 11.6 Å². The molecular formula is C9H15ClN6O. The Morgan fingerprint density at radius 1 is 1.24 bits per heavy atom. The summed E-state index contributed by atoms with van der Waals surface area (Å²) in [7, 11) is 3.70. The van der Waals surface area contributed by atoms with Gasteiger partial charge in [0.05, 0.1) is 13.2 Å². The van der Waals surface area contributed by atoms with Crippen LogP contribution in [0.15, 0.2) is 0 Å². The van der Waals surface area contributed by atoms with Crippen molar-refractivity contribution in [2.24, 2.45) is 0 Å². The number of anilines is 2. The quantitative estimate of drug-likeness (QED) is 0.834. The maximum Gasteiger partial charge on any atom is 0.243 e. The number of nitrogens with one attached hydrogen (secondary N) is 1. The van der Waals surface area contributed by atoms with Crippen molar-refractivity contribution in [3.8, 4) is 0 Å². The van der Waals surface area contributed by atoms with Gasteiger partial charge in [-0.2, -0.15) is 15.0 Å². The van der Waals surface area contributed by atoms with Gasteiger partial charge in [0.15, 0.2) is 0 Å². The molecule has 8 heteroatoms. The topological polar surface area (TPSA) is 66.4 Å². The zero-order valence-corrected chi connectivity index (χ0v) is 10.6. The van der Waals surface area contributed by atoms with Gasteiger partial charge in [-0.3, -0.25) is 5.43 Å². The molecule has 1 fully saturated rings. The first-order valence-electron chi connectivity index (χ1n) is 5.33. The van der Waals surface area contributed by atoms with E-state index in [1.165, 1.54) is 0 Å². The Morgan fingerprint density at radius 2 is 1.94 bits per heavy atom. The Balaban J connectivity index is 2.09. The van der Waals surface area contributed by atoms with Crippen molar-refractivity contribution in [2.75, 3.05) is 50.7 Å². The van der Waals surface area contributed by atoms with Crippen molar-refractivity contribution in [1.29, 1.82) is 0 Å². The predicted molar refractivity (Wildman–Crippen MR) is 65.2 cm³/mol. The van der Waals surface area contributed by atoms with Crippen molar-refractivity contribution in [3.63, 3.8) is 0 Å². The third-order valence-electron chi connectivity index (χ3n) is 2.27. The minimum atomic E-state index is 0.180. The lowest BCUT2D eigenvalue weighted by Crippen LogP contribution is -2.40. The van der Waals surface area contributed by atoms with E-state index in [0.717, 1.165) is 13.1 Å². The molecule has 1 aliphatic rings. The summed E-state index contributed by atoms with van der Waals surface area (Å²) in [6.45, 7) is 2.99. The van der Waals surface area contributed by atoms with E-state index in [9.17, 15) is 0 Å². The molecule has 17 heavy (non-hydrogen) atoms. The molecule has 0 aromatic carbocycles. The summed E-state index contributed by atoms with van der Waals surface area (Å²) in [6, 6.07) is 0. The molecule has 94 valence electrons. The highest BCUT2D eigenvalue weighted by atomic mass is 35.5. The highest BCUT2D eigenvalue weighted by Crippen LogP contribution is 2.12. The molecule has 0 bridgehead atoms. The number of aromatic nitrogens is 3. The van der Waals surface area contributed by atoms with Crippen LogP contribution < -0.4 is 10.3 Å². The number of hydrogen-bond acceptors (Lipinski definition) is 7. The van der Waals surface area contributed by atoms with E-state index in [1.54, 1.807) is 4.90 Å². The summed E-state index contributed by atoms with van der Waals surface area (Å²) in [6.07, 6.45) is 0. The van der Waals surface area contributed by atoms with Gasteiger partial charge >= 0.3 is 0 Å². The largest absolute Gasteiger partial charge is 0.379 e. The van der Waals surface area contributed by atoms with E-state index < -0.39 is 0 Å². The zero-order valence-electron chi connectivity index (χ0n) is 9.85. The van der Waals surface area contributed by atoms with Gasteiger partial charge in [-0.25, -0.2) is 5.01 Å². The maximum atomic E-state index is 5.84. The molecular weight excluding hydrogens is 244 g/mol. The summed E-state index contributed by atoms with van der Waals surface area (Å²) in [5.41, 5.74) is 3.10. The van der Waals surface area contributed by atoms with Crippen molar-refractivity contribution in [2.45, 2.75) is 0 Å². The molecule has 1 aromatic heterocycles. The van der Waals surface area contributed by atoms with Crippen molar-refractivity contribution in [1.82, 2.24) is 20.0 Å². The number of morpholine rings is 1. The zero-order chi connectivity index (χ0) is 12.3. The maximum absolute atomic E-state index is 5.84. The third-order valence-corrected chi connectivity index (χ3v) is 2.43. The fourth-order valence-electron chi connectivity index (χ4n) is 1.41. The van der Waals surface area contributed by atoms with Crippen LogP contribution in [0, 0.1) is 0 Å². The number of hydrazine groups is 1. The van der Waals surface area contributed by atoms with E-state index in [2.05, 4.69) is 20.4 Å². The Labute approximate surface area is 105 Å². The first kappa shape index (κ1) is 12.3. The van der Waals surface area contributed by atoms with E-state index in [-0.39, 0.29) is 5.28 Å². The van der Waals surface area contributed by atoms with Gasteiger partial charge in [-0.1, -0.05) is 0 Å². The van der Waals surface area contributed by atoms with Crippen LogP contribution in [0.1, 0.15) is 0 Å². The second-order valence-corrected chi connectivity index (χ2v) is 4.17. The van der Waals surface area contributed by atoms with E-state index >= 15 is 0 Å². The molecule has 2 heterocycles. The Hall–Kier alpha value is -1.18. The first-order valence-corrected chi connectivity index (χ1v) is 5.71. The summed E-state index contributed by atoms with van der Waals surface area (Å²) < 4.78 is 5.25. The highest BCUT2D eigenvalue weighted by Gasteiger charge is 2.13. The number of halogens is 1. The monoisotopic (exact) mass is 258 g/mol. The van der Waals surface area contributed by atoms with Crippen LogP contribution in [0.25, 0.3) is 0 Å². The number of nitrogens with zero attached hydrogens (tertiary/aromatic N) is 5. The molecule has 1 saturated heterocycles. The van der Waals surface area contributed by atoms with Crippen LogP contribution in [-0.4, -0.2) is 60.4 Å². The lowest BCUT2D eigenvalue weighted by Gasteiger charge is -2.27. The van der Waals surface area contributed by atoms with E-state index in [4.69, 9.17) is 16.3 Å². The molecule has 0 amide bonds. The fourth-order valence-corrected chi connectivity index (χ4v) is 1.56. The third kappa shape index (κ3) is 3.39. The molecule has 2 rings (SSSR count). The minimum Gasteiger partial charge on any atom is -0.379 e. The average Bonchev–Trinajstić information content (AvgIpc) is 2.29.